The Hall–Kier alpha value is -0.0800. The maximum absolute atomic E-state index is 5.94. The molecular weight excluding hydrogens is 172 g/mol. The first kappa shape index (κ1) is 12.0. The van der Waals surface area contributed by atoms with E-state index in [2.05, 4.69) is 19.2 Å². The van der Waals surface area contributed by atoms with Gasteiger partial charge in [-0.15, -0.1) is 0 Å². The quantitative estimate of drug-likeness (QED) is 0.711. The molecule has 1 fully saturated rings. The van der Waals surface area contributed by atoms with Gasteiger partial charge in [0.15, 0.2) is 0 Å². The molecule has 1 rings (SSSR count). The van der Waals surface area contributed by atoms with Crippen molar-refractivity contribution in [2.45, 2.75) is 64.5 Å². The molecule has 2 nitrogen and oxygen atoms in total. The van der Waals surface area contributed by atoms with Crippen LogP contribution in [0.3, 0.4) is 0 Å². The zero-order chi connectivity index (χ0) is 10.4. The summed E-state index contributed by atoms with van der Waals surface area (Å²) in [6.07, 6.45) is 7.65. The van der Waals surface area contributed by atoms with Crippen molar-refractivity contribution in [2.75, 3.05) is 6.54 Å². The van der Waals surface area contributed by atoms with E-state index in [9.17, 15) is 0 Å². The SMILES string of the molecule is CCC(C)CCNC1CCCC(N)C1. The van der Waals surface area contributed by atoms with E-state index in [0.29, 0.717) is 12.1 Å². The first-order valence-corrected chi connectivity index (χ1v) is 6.21. The molecule has 0 radical (unpaired) electrons. The van der Waals surface area contributed by atoms with Crippen molar-refractivity contribution < 1.29 is 0 Å². The van der Waals surface area contributed by atoms with E-state index in [1.54, 1.807) is 0 Å². The standard InChI is InChI=1S/C12H26N2/c1-3-10(2)7-8-14-12-6-4-5-11(13)9-12/h10-12,14H,3-9,13H2,1-2H3. The van der Waals surface area contributed by atoms with Crippen LogP contribution in [0.5, 0.6) is 0 Å². The molecule has 84 valence electrons. The van der Waals surface area contributed by atoms with Gasteiger partial charge < -0.3 is 11.1 Å². The van der Waals surface area contributed by atoms with Gasteiger partial charge in [-0.2, -0.15) is 0 Å². The fourth-order valence-electron chi connectivity index (χ4n) is 2.15. The molecule has 3 N–H and O–H groups in total. The molecule has 2 heteroatoms. The Balaban J connectivity index is 2.05. The molecule has 0 saturated heterocycles. The molecule has 0 bridgehead atoms. The smallest absolute Gasteiger partial charge is 0.00818 e. The number of rotatable bonds is 5. The molecule has 0 heterocycles. The summed E-state index contributed by atoms with van der Waals surface area (Å²) in [4.78, 5) is 0. The number of nitrogens with two attached hydrogens (primary N) is 1. The third-order valence-electron chi connectivity index (χ3n) is 3.48. The molecule has 0 aromatic rings. The second kappa shape index (κ2) is 6.41. The van der Waals surface area contributed by atoms with Crippen LogP contribution in [0.4, 0.5) is 0 Å². The third kappa shape index (κ3) is 4.43. The van der Waals surface area contributed by atoms with Gasteiger partial charge in [0.1, 0.15) is 0 Å². The first-order valence-electron chi connectivity index (χ1n) is 6.21. The topological polar surface area (TPSA) is 38.0 Å². The zero-order valence-corrected chi connectivity index (χ0v) is 9.76. The van der Waals surface area contributed by atoms with Gasteiger partial charge in [0.2, 0.25) is 0 Å². The molecule has 3 unspecified atom stereocenters. The van der Waals surface area contributed by atoms with E-state index in [1.165, 1.54) is 45.1 Å². The summed E-state index contributed by atoms with van der Waals surface area (Å²) in [5.74, 6) is 0.861. The third-order valence-corrected chi connectivity index (χ3v) is 3.48. The van der Waals surface area contributed by atoms with Gasteiger partial charge in [0.25, 0.3) is 0 Å². The second-order valence-corrected chi connectivity index (χ2v) is 4.88. The molecule has 3 atom stereocenters. The van der Waals surface area contributed by atoms with Crippen LogP contribution in [0.25, 0.3) is 0 Å². The summed E-state index contributed by atoms with van der Waals surface area (Å²) in [6.45, 7) is 5.77. The van der Waals surface area contributed by atoms with Crippen molar-refractivity contribution in [3.8, 4) is 0 Å². The van der Waals surface area contributed by atoms with Gasteiger partial charge in [0.05, 0.1) is 0 Å². The lowest BCUT2D eigenvalue weighted by atomic mass is 9.91. The van der Waals surface area contributed by atoms with Crippen molar-refractivity contribution in [1.82, 2.24) is 5.32 Å². The van der Waals surface area contributed by atoms with Crippen molar-refractivity contribution >= 4 is 0 Å². The minimum absolute atomic E-state index is 0.449. The van der Waals surface area contributed by atoms with Crippen LogP contribution in [-0.2, 0) is 0 Å². The molecule has 0 spiro atoms. The first-order chi connectivity index (χ1) is 6.72. The Bertz CT molecular complexity index is 147. The molecule has 14 heavy (non-hydrogen) atoms. The lowest BCUT2D eigenvalue weighted by molar-refractivity contribution is 0.330. The average Bonchev–Trinajstić information content (AvgIpc) is 2.17. The Morgan fingerprint density at radius 3 is 2.86 bits per heavy atom. The Labute approximate surface area is 88.6 Å². The van der Waals surface area contributed by atoms with Crippen molar-refractivity contribution in [3.05, 3.63) is 0 Å². The highest BCUT2D eigenvalue weighted by atomic mass is 14.9. The normalized spacial score (nSPS) is 30.2. The number of hydrogen-bond acceptors (Lipinski definition) is 2. The highest BCUT2D eigenvalue weighted by Gasteiger charge is 2.18. The fourth-order valence-corrected chi connectivity index (χ4v) is 2.15. The summed E-state index contributed by atoms with van der Waals surface area (Å²) in [7, 11) is 0. The molecule has 1 aliphatic carbocycles. The van der Waals surface area contributed by atoms with Gasteiger partial charge in [-0.25, -0.2) is 0 Å². The summed E-state index contributed by atoms with van der Waals surface area (Å²) in [6, 6.07) is 1.15. The Kier molecular flexibility index (Phi) is 5.49. The minimum Gasteiger partial charge on any atom is -0.328 e. The second-order valence-electron chi connectivity index (χ2n) is 4.88. The molecule has 1 aliphatic rings. The van der Waals surface area contributed by atoms with Crippen LogP contribution in [-0.4, -0.2) is 18.6 Å². The molecular formula is C12H26N2. The maximum Gasteiger partial charge on any atom is 0.00818 e. The average molecular weight is 198 g/mol. The summed E-state index contributed by atoms with van der Waals surface area (Å²) in [5.41, 5.74) is 5.94. The van der Waals surface area contributed by atoms with Gasteiger partial charge in [-0.1, -0.05) is 26.7 Å². The highest BCUT2D eigenvalue weighted by molar-refractivity contribution is 4.79. The molecule has 0 amide bonds. The molecule has 1 saturated carbocycles. The Morgan fingerprint density at radius 2 is 2.21 bits per heavy atom. The Morgan fingerprint density at radius 1 is 1.43 bits per heavy atom. The van der Waals surface area contributed by atoms with Gasteiger partial charge >= 0.3 is 0 Å². The van der Waals surface area contributed by atoms with Crippen molar-refractivity contribution in [1.29, 1.82) is 0 Å². The van der Waals surface area contributed by atoms with E-state index >= 15 is 0 Å². The van der Waals surface area contributed by atoms with Crippen LogP contribution in [0, 0.1) is 5.92 Å². The lowest BCUT2D eigenvalue weighted by Crippen LogP contribution is -2.39. The number of nitrogens with one attached hydrogen (secondary N) is 1. The van der Waals surface area contributed by atoms with Crippen LogP contribution < -0.4 is 11.1 Å². The van der Waals surface area contributed by atoms with E-state index in [0.717, 1.165) is 5.92 Å². The monoisotopic (exact) mass is 198 g/mol. The van der Waals surface area contributed by atoms with Crippen LogP contribution >= 0.6 is 0 Å². The van der Waals surface area contributed by atoms with E-state index in [4.69, 9.17) is 5.73 Å². The van der Waals surface area contributed by atoms with E-state index in [-0.39, 0.29) is 0 Å². The predicted molar refractivity (Wildman–Crippen MR) is 62.3 cm³/mol. The van der Waals surface area contributed by atoms with E-state index in [1.807, 2.05) is 0 Å². The molecule has 0 aromatic heterocycles. The summed E-state index contributed by atoms with van der Waals surface area (Å²) in [5, 5.41) is 3.64. The summed E-state index contributed by atoms with van der Waals surface area (Å²) < 4.78 is 0. The largest absolute Gasteiger partial charge is 0.328 e. The maximum atomic E-state index is 5.94. The summed E-state index contributed by atoms with van der Waals surface area (Å²) >= 11 is 0. The van der Waals surface area contributed by atoms with Crippen molar-refractivity contribution in [2.24, 2.45) is 11.7 Å². The lowest BCUT2D eigenvalue weighted by Gasteiger charge is -2.27. The van der Waals surface area contributed by atoms with Gasteiger partial charge in [0, 0.05) is 12.1 Å². The molecule has 0 aliphatic heterocycles. The zero-order valence-electron chi connectivity index (χ0n) is 9.76. The van der Waals surface area contributed by atoms with Crippen LogP contribution in [0.1, 0.15) is 52.4 Å². The van der Waals surface area contributed by atoms with Crippen LogP contribution in [0.2, 0.25) is 0 Å². The predicted octanol–water partition coefficient (Wildman–Crippen LogP) is 2.28. The minimum atomic E-state index is 0.449. The van der Waals surface area contributed by atoms with Gasteiger partial charge in [-0.05, 0) is 38.1 Å². The highest BCUT2D eigenvalue weighted by Crippen LogP contribution is 2.17. The van der Waals surface area contributed by atoms with Gasteiger partial charge in [-0.3, -0.25) is 0 Å². The van der Waals surface area contributed by atoms with Crippen molar-refractivity contribution in [3.63, 3.8) is 0 Å². The fraction of sp³-hybridized carbons (Fsp3) is 1.00. The molecule has 0 aromatic carbocycles. The van der Waals surface area contributed by atoms with E-state index < -0.39 is 0 Å². The number of hydrogen-bond donors (Lipinski definition) is 2. The van der Waals surface area contributed by atoms with Crippen LogP contribution in [0.15, 0.2) is 0 Å².